The fourth-order valence-corrected chi connectivity index (χ4v) is 4.71. The molecule has 0 saturated heterocycles. The van der Waals surface area contributed by atoms with Gasteiger partial charge in [-0.05, 0) is 13.0 Å². The van der Waals surface area contributed by atoms with Gasteiger partial charge in [0.05, 0.1) is 4.90 Å². The van der Waals surface area contributed by atoms with Gasteiger partial charge in [0.25, 0.3) is 18.1 Å². The summed E-state index contributed by atoms with van der Waals surface area (Å²) in [6, 6.07) is 0.949. The molecule has 0 N–H and O–H groups in total. The van der Waals surface area contributed by atoms with Crippen molar-refractivity contribution < 1.29 is 16.8 Å². The van der Waals surface area contributed by atoms with Crippen LogP contribution in [0.25, 0.3) is 0 Å². The van der Waals surface area contributed by atoms with Crippen LogP contribution in [0.4, 0.5) is 0 Å². The number of halogens is 2. The van der Waals surface area contributed by atoms with E-state index in [2.05, 4.69) is 0 Å². The maximum absolute atomic E-state index is 10.9. The zero-order valence-corrected chi connectivity index (χ0v) is 10.7. The maximum Gasteiger partial charge on any atom is 0.270 e. The first-order valence-corrected chi connectivity index (χ1v) is 8.55. The molecule has 9 heteroatoms. The zero-order valence-electron chi connectivity index (χ0n) is 6.69. The van der Waals surface area contributed by atoms with Gasteiger partial charge in [-0.15, -0.1) is 11.3 Å². The Labute approximate surface area is 94.3 Å². The SMILES string of the molecule is Cc1sc(S(=O)(=O)Cl)cc1S(=O)(=O)Cl. The van der Waals surface area contributed by atoms with E-state index < -0.39 is 18.1 Å². The van der Waals surface area contributed by atoms with Crippen LogP contribution in [0.5, 0.6) is 0 Å². The first-order valence-electron chi connectivity index (χ1n) is 3.12. The van der Waals surface area contributed by atoms with Crippen molar-refractivity contribution in [3.8, 4) is 0 Å². The summed E-state index contributed by atoms with van der Waals surface area (Å²) in [6.07, 6.45) is 0. The lowest BCUT2D eigenvalue weighted by Gasteiger charge is -1.89. The molecule has 1 aromatic rings. The molecule has 1 heterocycles. The molecule has 0 fully saturated rings. The van der Waals surface area contributed by atoms with Gasteiger partial charge in [0.1, 0.15) is 4.21 Å². The van der Waals surface area contributed by atoms with E-state index in [0.29, 0.717) is 4.88 Å². The van der Waals surface area contributed by atoms with Gasteiger partial charge in [-0.3, -0.25) is 0 Å². The van der Waals surface area contributed by atoms with Crippen molar-refractivity contribution in [1.29, 1.82) is 0 Å². The van der Waals surface area contributed by atoms with Gasteiger partial charge < -0.3 is 0 Å². The van der Waals surface area contributed by atoms with E-state index >= 15 is 0 Å². The standard InChI is InChI=1S/C5H4Cl2O4S3/c1-3-4(13(6,8)9)2-5(12-3)14(7,10)11/h2H,1H3. The molecular formula is C5H4Cl2O4S3. The van der Waals surface area contributed by atoms with Gasteiger partial charge in [0.2, 0.25) is 0 Å². The summed E-state index contributed by atoms with van der Waals surface area (Å²) in [4.78, 5) is 0.0719. The normalized spacial score (nSPS) is 13.1. The first-order chi connectivity index (χ1) is 6.12. The predicted molar refractivity (Wildman–Crippen MR) is 55.1 cm³/mol. The van der Waals surface area contributed by atoms with Crippen LogP contribution in [0.15, 0.2) is 15.2 Å². The smallest absolute Gasteiger partial charge is 0.207 e. The minimum Gasteiger partial charge on any atom is -0.207 e. The number of aryl methyl sites for hydroxylation is 1. The molecule has 0 amide bonds. The minimum absolute atomic E-state index is 0.219. The van der Waals surface area contributed by atoms with Crippen LogP contribution in [0.3, 0.4) is 0 Å². The van der Waals surface area contributed by atoms with E-state index in [9.17, 15) is 16.8 Å². The molecule has 0 aliphatic carbocycles. The predicted octanol–water partition coefficient (Wildman–Crippen LogP) is 1.91. The van der Waals surface area contributed by atoms with Crippen molar-refractivity contribution in [2.75, 3.05) is 0 Å². The van der Waals surface area contributed by atoms with Gasteiger partial charge in [0.15, 0.2) is 0 Å². The Morgan fingerprint density at radius 2 is 1.64 bits per heavy atom. The van der Waals surface area contributed by atoms with Gasteiger partial charge in [-0.2, -0.15) is 0 Å². The molecule has 0 aliphatic rings. The van der Waals surface area contributed by atoms with E-state index in [1.165, 1.54) is 6.92 Å². The van der Waals surface area contributed by atoms with E-state index in [-0.39, 0.29) is 9.10 Å². The third-order valence-electron chi connectivity index (χ3n) is 1.35. The third kappa shape index (κ3) is 2.60. The van der Waals surface area contributed by atoms with Crippen LogP contribution in [0.2, 0.25) is 0 Å². The topological polar surface area (TPSA) is 68.3 Å². The highest BCUT2D eigenvalue weighted by Crippen LogP contribution is 2.32. The summed E-state index contributed by atoms with van der Waals surface area (Å²) in [6.45, 7) is 1.45. The number of hydrogen-bond acceptors (Lipinski definition) is 5. The molecule has 1 rings (SSSR count). The molecule has 80 valence electrons. The molecule has 1 aromatic heterocycles. The molecular weight excluding hydrogens is 291 g/mol. The lowest BCUT2D eigenvalue weighted by atomic mass is 10.5. The fraction of sp³-hybridized carbons (Fsp3) is 0.200. The Kier molecular flexibility index (Phi) is 3.18. The van der Waals surface area contributed by atoms with E-state index in [1.807, 2.05) is 0 Å². The number of hydrogen-bond donors (Lipinski definition) is 0. The molecule has 0 bridgehead atoms. The molecule has 14 heavy (non-hydrogen) atoms. The van der Waals surface area contributed by atoms with Crippen molar-refractivity contribution in [3.63, 3.8) is 0 Å². The Morgan fingerprint density at radius 1 is 1.14 bits per heavy atom. The van der Waals surface area contributed by atoms with Crippen molar-refractivity contribution in [2.24, 2.45) is 0 Å². The Balaban J connectivity index is 3.49. The van der Waals surface area contributed by atoms with E-state index in [1.54, 1.807) is 0 Å². The van der Waals surface area contributed by atoms with Gasteiger partial charge in [-0.1, -0.05) is 0 Å². The molecule has 0 radical (unpaired) electrons. The number of rotatable bonds is 2. The summed E-state index contributed by atoms with van der Waals surface area (Å²) < 4.78 is 43.4. The molecule has 0 saturated carbocycles. The molecule has 0 aromatic carbocycles. The van der Waals surface area contributed by atoms with Gasteiger partial charge in [-0.25, -0.2) is 16.8 Å². The third-order valence-corrected chi connectivity index (χ3v) is 6.05. The van der Waals surface area contributed by atoms with Gasteiger partial charge in [0, 0.05) is 26.2 Å². The maximum atomic E-state index is 10.9. The van der Waals surface area contributed by atoms with Crippen LogP contribution < -0.4 is 0 Å². The van der Waals surface area contributed by atoms with Crippen LogP contribution in [-0.2, 0) is 18.1 Å². The van der Waals surface area contributed by atoms with Crippen molar-refractivity contribution in [1.82, 2.24) is 0 Å². The molecule has 4 nitrogen and oxygen atoms in total. The summed E-state index contributed by atoms with van der Waals surface area (Å²) in [5.41, 5.74) is 0. The van der Waals surface area contributed by atoms with Gasteiger partial charge >= 0.3 is 0 Å². The highest BCUT2D eigenvalue weighted by atomic mass is 35.7. The van der Waals surface area contributed by atoms with Crippen molar-refractivity contribution >= 4 is 50.8 Å². The minimum atomic E-state index is -3.91. The van der Waals surface area contributed by atoms with Crippen LogP contribution >= 0.6 is 32.7 Å². The quantitative estimate of drug-likeness (QED) is 0.782. The summed E-state index contributed by atoms with van der Waals surface area (Å²) in [5.74, 6) is 0. The Bertz CT molecular complexity index is 554. The van der Waals surface area contributed by atoms with Crippen molar-refractivity contribution in [2.45, 2.75) is 16.0 Å². The molecule has 0 aliphatic heterocycles. The van der Waals surface area contributed by atoms with Crippen LogP contribution in [0, 0.1) is 6.92 Å². The summed E-state index contributed by atoms with van der Waals surface area (Å²) in [7, 11) is 2.30. The molecule has 0 spiro atoms. The van der Waals surface area contributed by atoms with Crippen LogP contribution in [-0.4, -0.2) is 16.8 Å². The summed E-state index contributed by atoms with van der Waals surface area (Å²) >= 11 is 0.765. The van der Waals surface area contributed by atoms with Crippen molar-refractivity contribution in [3.05, 3.63) is 10.9 Å². The lowest BCUT2D eigenvalue weighted by molar-refractivity contribution is 0.609. The van der Waals surface area contributed by atoms with E-state index in [0.717, 1.165) is 17.4 Å². The summed E-state index contributed by atoms with van der Waals surface area (Å²) in [5, 5.41) is 0. The second-order valence-electron chi connectivity index (χ2n) is 2.36. The molecule has 0 unspecified atom stereocenters. The largest absolute Gasteiger partial charge is 0.270 e. The second-order valence-corrected chi connectivity index (χ2v) is 8.95. The highest BCUT2D eigenvalue weighted by molar-refractivity contribution is 8.15. The first kappa shape index (κ1) is 12.3. The second kappa shape index (κ2) is 3.64. The molecule has 0 atom stereocenters. The fourth-order valence-electron chi connectivity index (χ4n) is 0.802. The van der Waals surface area contributed by atoms with E-state index in [4.69, 9.17) is 21.4 Å². The monoisotopic (exact) mass is 294 g/mol. The Morgan fingerprint density at radius 3 is 1.86 bits per heavy atom. The average Bonchev–Trinajstić information content (AvgIpc) is 2.27. The number of thiophene rings is 1. The highest BCUT2D eigenvalue weighted by Gasteiger charge is 2.22. The average molecular weight is 295 g/mol. The zero-order chi connectivity index (χ0) is 11.1. The Hall–Kier alpha value is 0.180. The lowest BCUT2D eigenvalue weighted by Crippen LogP contribution is -1.90. The van der Waals surface area contributed by atoms with Crippen LogP contribution in [0.1, 0.15) is 4.88 Å².